The molecule has 8 heterocycles. The minimum atomic E-state index is -2.47. The Morgan fingerprint density at radius 3 is 1.86 bits per heavy atom. The Hall–Kier alpha value is -11.8. The molecule has 7 amide bonds. The SMILES string of the molecule is CCCCCCCCCC(=O)N[C@H]1[C@H](Oc2c3cc4cc2Oc2ccc(cc2Cl)[C@@H](O)[C@@H]2NC(=O)[C@H](NC(=O)[C@@H]4NC(=O)[C@H]4NC(=O)[C@@H](Cc5ccc(cc5)O3)NC(=O)[C@@H](NC)c3ccc(O)c(c3)Oc3cc(O)c(Cl)c4c3)c3ccc(O)c(c3)-c3c(O[C@H]4O[C@H](CO)[C@@H](O)[C@H](O)[C@@H]4O)cc(O)cc3[C@@H](C(=O)O)NC2=O)O[C@H](C(=O)O)[C@@H](O)[C@@H]1O. The molecule has 0 unspecified atom stereocenters. The average Bonchev–Trinajstić information content (AvgIpc) is 0.763. The number of hydrogen-bond acceptors (Lipinski definition) is 28. The number of hydrogen-bond donors (Lipinski definition) is 21. The Labute approximate surface area is 691 Å². The van der Waals surface area contributed by atoms with Gasteiger partial charge in [0.15, 0.2) is 35.1 Å². The van der Waals surface area contributed by atoms with Crippen LogP contribution < -0.4 is 66.2 Å². The summed E-state index contributed by atoms with van der Waals surface area (Å²) in [6, 6.07) is 4.39. The second kappa shape index (κ2) is 36.4. The lowest BCUT2D eigenvalue weighted by Crippen LogP contribution is -2.66. The van der Waals surface area contributed by atoms with Gasteiger partial charge < -0.3 is 142 Å². The van der Waals surface area contributed by atoms with Crippen LogP contribution in [-0.4, -0.2) is 207 Å². The van der Waals surface area contributed by atoms with Crippen molar-refractivity contribution in [2.24, 2.45) is 0 Å². The monoisotopic (exact) mass is 1700 g/mol. The lowest BCUT2D eigenvalue weighted by atomic mass is 9.89. The highest BCUT2D eigenvalue weighted by molar-refractivity contribution is 6.33. The first kappa shape index (κ1) is 86.0. The van der Waals surface area contributed by atoms with E-state index in [1.165, 1.54) is 49.5 Å². The number of carboxylic acid groups (broad SMARTS) is 2. The van der Waals surface area contributed by atoms with Gasteiger partial charge in [0.05, 0.1) is 16.7 Å². The summed E-state index contributed by atoms with van der Waals surface area (Å²) in [7, 11) is 1.42. The van der Waals surface area contributed by atoms with Crippen molar-refractivity contribution in [3.05, 3.63) is 164 Å². The third-order valence-corrected chi connectivity index (χ3v) is 21.9. The van der Waals surface area contributed by atoms with Crippen molar-refractivity contribution < 1.29 is 143 Å². The van der Waals surface area contributed by atoms with Gasteiger partial charge in [-0.1, -0.05) is 99.0 Å². The summed E-state index contributed by atoms with van der Waals surface area (Å²) in [6.45, 7) is 1.07. The van der Waals surface area contributed by atoms with Gasteiger partial charge in [-0.2, -0.15) is 0 Å². The van der Waals surface area contributed by atoms with E-state index >= 15 is 24.0 Å². The van der Waals surface area contributed by atoms with Crippen LogP contribution in [0.2, 0.25) is 10.0 Å². The van der Waals surface area contributed by atoms with E-state index in [-0.39, 0.29) is 40.4 Å². The smallest absolute Gasteiger partial charge is 0.335 e. The largest absolute Gasteiger partial charge is 0.508 e. The molecule has 2 saturated heterocycles. The molecule has 2 fully saturated rings. The normalized spacial score (nSPS) is 26.7. The van der Waals surface area contributed by atoms with Gasteiger partial charge in [0.25, 0.3) is 0 Å². The zero-order valence-electron chi connectivity index (χ0n) is 63.5. The predicted molar refractivity (Wildman–Crippen MR) is 414 cm³/mol. The third kappa shape index (κ3) is 18.2. The molecule has 0 aliphatic carbocycles. The van der Waals surface area contributed by atoms with E-state index in [2.05, 4.69) is 49.5 Å². The van der Waals surface area contributed by atoms with Crippen molar-refractivity contribution in [1.29, 1.82) is 0 Å². The Morgan fingerprint density at radius 2 is 1.17 bits per heavy atom. The first-order chi connectivity index (χ1) is 57.3. The Morgan fingerprint density at radius 1 is 0.525 bits per heavy atom. The number of likely N-dealkylation sites (N-methyl/N-ethyl adjacent to an activating group) is 1. The minimum Gasteiger partial charge on any atom is -0.508 e. The number of amides is 7. The molecule has 37 nitrogen and oxygen atoms in total. The van der Waals surface area contributed by atoms with Gasteiger partial charge in [0, 0.05) is 47.2 Å². The summed E-state index contributed by atoms with van der Waals surface area (Å²) in [4.78, 5) is 135. The van der Waals surface area contributed by atoms with Crippen molar-refractivity contribution in [2.75, 3.05) is 13.7 Å². The van der Waals surface area contributed by atoms with Crippen LogP contribution in [0.4, 0.5) is 0 Å². The molecule has 0 aromatic heterocycles. The van der Waals surface area contributed by atoms with Crippen LogP contribution in [0.1, 0.15) is 134 Å². The highest BCUT2D eigenvalue weighted by Crippen LogP contribution is 2.50. The standard InChI is InChI=1S/C81H84Cl2N8O29/c1-3-4-5-6-7-8-9-10-54(97)86-63-66(100)68(102)71(79(112)113)120-80(63)119-70-51-25-36-26-52(70)116-48-20-15-35(23-43(48)82)64(98)62-77(109)90-61(78(110)111)41-27-37(93)28-50(117-81-69(103)67(101)65(99)53(31-92)118-81)55(41)40-22-33(13-18-45(40)94)58(74(106)91-62)87-75(107)59(36)88-76(108)60-42-29-39(30-47(96)56(42)83)115-49-24-34(14-19-46(49)95)57(84-2)73(105)85-44(72(104)89-60)21-32-11-16-38(114-51)17-12-32/h11-20,22-30,44,53,57-69,71,80-81,84,92-96,98-103H,3-10,21,31H2,1-2H3,(H,85,105)(H,86,97)(H,87,107)(H,88,108)(H,89,104)(H,90,109)(H,91,106)(H,110,111)(H,112,113)/t44-,53-,57+,58-,59-,60+,61+,62+,63-,64-,65-,66-,67+,68+,69+,71+,80-,81+/m1/s1. The van der Waals surface area contributed by atoms with Crippen LogP contribution in [-0.2, 0) is 59.0 Å². The van der Waals surface area contributed by atoms with E-state index in [4.69, 9.17) is 56.4 Å². The highest BCUT2D eigenvalue weighted by Gasteiger charge is 2.52. The molecule has 17 bridgehead atoms. The molecule has 636 valence electrons. The number of nitrogens with one attached hydrogen (secondary N) is 8. The lowest BCUT2D eigenvalue weighted by molar-refractivity contribution is -0.277. The Balaban J connectivity index is 1.05. The van der Waals surface area contributed by atoms with Crippen LogP contribution in [0, 0.1) is 0 Å². The fraction of sp³-hybridized carbons (Fsp3) is 0.370. The zero-order valence-corrected chi connectivity index (χ0v) is 65.0. The molecule has 8 aliphatic heterocycles. The summed E-state index contributed by atoms with van der Waals surface area (Å²) >= 11 is 14.1. The number of phenolic OH excluding ortho intramolecular Hbond substituents is 4. The summed E-state index contributed by atoms with van der Waals surface area (Å²) < 4.78 is 43.9. The number of aliphatic carboxylic acids is 2. The number of carbonyl (C=O) groups excluding carboxylic acids is 7. The summed E-state index contributed by atoms with van der Waals surface area (Å²) in [6.07, 6.45) is -16.4. The van der Waals surface area contributed by atoms with E-state index < -0.39 is 271 Å². The molecule has 0 saturated carbocycles. The quantitative estimate of drug-likeness (QED) is 0.0580. The summed E-state index contributed by atoms with van der Waals surface area (Å²) in [5.74, 6) is -19.5. The maximum absolute atomic E-state index is 16.6. The molecule has 120 heavy (non-hydrogen) atoms. The number of ether oxygens (including phenoxy) is 7. The second-order valence-corrected chi connectivity index (χ2v) is 30.2. The predicted octanol–water partition coefficient (Wildman–Crippen LogP) is 3.55. The first-order valence-electron chi connectivity index (χ1n) is 38.1. The van der Waals surface area contributed by atoms with E-state index in [9.17, 15) is 85.6 Å². The molecule has 21 N–H and O–H groups in total. The van der Waals surface area contributed by atoms with Gasteiger partial charge in [0.2, 0.25) is 59.7 Å². The molecule has 0 spiro atoms. The molecule has 15 rings (SSSR count). The van der Waals surface area contributed by atoms with E-state index in [1.807, 2.05) is 0 Å². The molecular weight excluding hydrogens is 1620 g/mol. The van der Waals surface area contributed by atoms with Crippen molar-refractivity contribution in [3.63, 3.8) is 0 Å². The molecule has 8 aliphatic rings. The van der Waals surface area contributed by atoms with Crippen molar-refractivity contribution in [3.8, 4) is 80.1 Å². The number of fused-ring (bicyclic) bond motifs is 14. The second-order valence-electron chi connectivity index (χ2n) is 29.4. The summed E-state index contributed by atoms with van der Waals surface area (Å²) in [5, 5.41) is 167. The topological polar surface area (TPSA) is 577 Å². The van der Waals surface area contributed by atoms with Gasteiger partial charge in [-0.15, -0.1) is 0 Å². The number of phenols is 4. The maximum Gasteiger partial charge on any atom is 0.335 e. The van der Waals surface area contributed by atoms with E-state index in [1.54, 1.807) is 0 Å². The highest BCUT2D eigenvalue weighted by atomic mass is 35.5. The van der Waals surface area contributed by atoms with Crippen LogP contribution in [0.25, 0.3) is 11.1 Å². The van der Waals surface area contributed by atoms with Gasteiger partial charge in [-0.25, -0.2) is 9.59 Å². The minimum absolute atomic E-state index is 0.151. The number of aromatic hydroxyl groups is 4. The fourth-order valence-corrected chi connectivity index (χ4v) is 15.3. The number of rotatable bonds is 17. The average molecular weight is 1700 g/mol. The Bertz CT molecular complexity index is 5140. The maximum atomic E-state index is 16.6. The number of benzene rings is 7. The number of unbranched alkanes of at least 4 members (excludes halogenated alkanes) is 6. The fourth-order valence-electron chi connectivity index (χ4n) is 14.9. The van der Waals surface area contributed by atoms with Crippen LogP contribution in [0.15, 0.2) is 115 Å². The molecular formula is C81H84Cl2N8O29. The van der Waals surface area contributed by atoms with Crippen molar-refractivity contribution in [2.45, 2.75) is 174 Å². The molecule has 0 radical (unpaired) electrons. The first-order valence-corrected chi connectivity index (χ1v) is 38.8. The van der Waals surface area contributed by atoms with Crippen molar-refractivity contribution >= 4 is 76.5 Å². The van der Waals surface area contributed by atoms with Crippen LogP contribution >= 0.6 is 23.2 Å². The number of aliphatic hydroxyl groups excluding tert-OH is 7. The number of carbonyl (C=O) groups is 9. The summed E-state index contributed by atoms with van der Waals surface area (Å²) in [5.41, 5.74) is -3.29. The van der Waals surface area contributed by atoms with E-state index in [0.717, 1.165) is 105 Å². The van der Waals surface area contributed by atoms with Crippen LogP contribution in [0.3, 0.4) is 0 Å². The zero-order chi connectivity index (χ0) is 86.0. The number of carboxylic acids is 2. The van der Waals surface area contributed by atoms with Gasteiger partial charge in [-0.3, -0.25) is 33.6 Å². The molecule has 7 aromatic rings. The number of aliphatic hydroxyl groups is 7. The molecule has 7 aromatic carbocycles. The Kier molecular flexibility index (Phi) is 26.1. The van der Waals surface area contributed by atoms with Gasteiger partial charge >= 0.3 is 11.9 Å². The number of halogens is 2. The molecule has 18 atom stereocenters. The van der Waals surface area contributed by atoms with Gasteiger partial charge in [0.1, 0.15) is 125 Å². The third-order valence-electron chi connectivity index (χ3n) is 21.2. The lowest BCUT2D eigenvalue weighted by Gasteiger charge is -2.41. The molecule has 39 heteroatoms. The van der Waals surface area contributed by atoms with Crippen molar-refractivity contribution in [1.82, 2.24) is 42.5 Å². The van der Waals surface area contributed by atoms with Crippen LogP contribution in [0.5, 0.6) is 69.0 Å². The van der Waals surface area contributed by atoms with E-state index in [0.29, 0.717) is 12.8 Å². The van der Waals surface area contributed by atoms with Gasteiger partial charge in [-0.05, 0) is 114 Å².